The van der Waals surface area contributed by atoms with Crippen LogP contribution in [0, 0.1) is 17.7 Å². The highest BCUT2D eigenvalue weighted by Crippen LogP contribution is 2.46. The van der Waals surface area contributed by atoms with Crippen molar-refractivity contribution in [3.8, 4) is 0 Å². The smallest absolute Gasteiger partial charge is 0.416 e. The summed E-state index contributed by atoms with van der Waals surface area (Å²) < 4.78 is 79.8. The quantitative estimate of drug-likeness (QED) is 0.425. The number of anilines is 1. The van der Waals surface area contributed by atoms with Crippen molar-refractivity contribution in [2.75, 3.05) is 5.32 Å². The molecule has 0 aromatic heterocycles. The van der Waals surface area contributed by atoms with Gasteiger partial charge in [0.25, 0.3) is 0 Å². The standard InChI is InChI=1S/C26H25F6NO3/c27-20-12-17(26(30,31)32)8-9-21(20)33-23(34)19-3-1-2-18(22(19)24(35)36)15-6-4-14(5-7-15)16-10-11-25(28,29)13-16/h4-9,12,16,18-19,22H,1-3,10-11,13H2,(H,33,34)(H,35,36)/t16-,18-,19-,22-/m1/s1. The number of hydrogen-bond acceptors (Lipinski definition) is 2. The van der Waals surface area contributed by atoms with Crippen molar-refractivity contribution in [1.29, 1.82) is 0 Å². The summed E-state index contributed by atoms with van der Waals surface area (Å²) in [7, 11) is 0. The molecule has 2 aromatic rings. The number of carbonyl (C=O) groups excluding carboxylic acids is 1. The zero-order valence-electron chi connectivity index (χ0n) is 19.1. The third-order valence-electron chi connectivity index (χ3n) is 7.31. The average molecular weight is 513 g/mol. The minimum absolute atomic E-state index is 0.167. The molecular weight excluding hydrogens is 488 g/mol. The van der Waals surface area contributed by atoms with Crippen LogP contribution >= 0.6 is 0 Å². The summed E-state index contributed by atoms with van der Waals surface area (Å²) >= 11 is 0. The van der Waals surface area contributed by atoms with Crippen molar-refractivity contribution in [2.24, 2.45) is 11.8 Å². The minimum Gasteiger partial charge on any atom is -0.481 e. The van der Waals surface area contributed by atoms with Gasteiger partial charge in [0.1, 0.15) is 5.82 Å². The van der Waals surface area contributed by atoms with E-state index in [1.54, 1.807) is 24.3 Å². The van der Waals surface area contributed by atoms with Crippen molar-refractivity contribution >= 4 is 17.6 Å². The van der Waals surface area contributed by atoms with Crippen LogP contribution in [-0.4, -0.2) is 22.9 Å². The summed E-state index contributed by atoms with van der Waals surface area (Å²) in [6.45, 7) is 0. The van der Waals surface area contributed by atoms with E-state index in [9.17, 15) is 41.0 Å². The number of halogens is 6. The average Bonchev–Trinajstić information content (AvgIpc) is 3.18. The van der Waals surface area contributed by atoms with Gasteiger partial charge in [-0.25, -0.2) is 13.2 Å². The lowest BCUT2D eigenvalue weighted by Gasteiger charge is -2.35. The molecule has 2 fully saturated rings. The molecule has 0 radical (unpaired) electrons. The lowest BCUT2D eigenvalue weighted by atomic mass is 9.69. The number of rotatable bonds is 5. The summed E-state index contributed by atoms with van der Waals surface area (Å²) in [4.78, 5) is 25.2. The maximum Gasteiger partial charge on any atom is 0.416 e. The van der Waals surface area contributed by atoms with Crippen molar-refractivity contribution < 1.29 is 41.0 Å². The Morgan fingerprint density at radius 2 is 1.64 bits per heavy atom. The molecule has 0 aliphatic heterocycles. The molecular formula is C26H25F6NO3. The zero-order chi connectivity index (χ0) is 26.3. The van der Waals surface area contributed by atoms with Gasteiger partial charge in [0.2, 0.25) is 11.8 Å². The zero-order valence-corrected chi connectivity index (χ0v) is 19.1. The van der Waals surface area contributed by atoms with E-state index in [0.717, 1.165) is 11.6 Å². The summed E-state index contributed by atoms with van der Waals surface area (Å²) in [5.74, 6) is -8.94. The van der Waals surface area contributed by atoms with Gasteiger partial charge in [-0.05, 0) is 60.4 Å². The monoisotopic (exact) mass is 513 g/mol. The minimum atomic E-state index is -4.75. The van der Waals surface area contributed by atoms with Crippen LogP contribution in [0.3, 0.4) is 0 Å². The number of hydrogen-bond donors (Lipinski definition) is 2. The summed E-state index contributed by atoms with van der Waals surface area (Å²) in [5, 5.41) is 12.2. The SMILES string of the molecule is O=C(O)[C@@H]1[C@@H](c2ccc([C@@H]3CCC(F)(F)C3)cc2)CCC[C@H]1C(=O)Nc1ccc(C(F)(F)F)cc1F. The fourth-order valence-corrected chi connectivity index (χ4v) is 5.48. The highest BCUT2D eigenvalue weighted by Gasteiger charge is 2.44. The van der Waals surface area contributed by atoms with E-state index in [4.69, 9.17) is 0 Å². The topological polar surface area (TPSA) is 66.4 Å². The maximum absolute atomic E-state index is 14.2. The first kappa shape index (κ1) is 26.0. The Morgan fingerprint density at radius 3 is 2.19 bits per heavy atom. The molecule has 0 saturated heterocycles. The van der Waals surface area contributed by atoms with Gasteiger partial charge in [-0.3, -0.25) is 9.59 Å². The second-order valence-electron chi connectivity index (χ2n) is 9.65. The summed E-state index contributed by atoms with van der Waals surface area (Å²) in [5.41, 5.74) is -0.249. The van der Waals surface area contributed by atoms with Crippen molar-refractivity contribution in [2.45, 2.75) is 62.5 Å². The molecule has 10 heteroatoms. The second kappa shape index (κ2) is 9.78. The van der Waals surface area contributed by atoms with Gasteiger partial charge in [0.15, 0.2) is 0 Å². The largest absolute Gasteiger partial charge is 0.481 e. The molecule has 2 aliphatic rings. The van der Waals surface area contributed by atoms with Gasteiger partial charge in [-0.15, -0.1) is 0 Å². The third-order valence-corrected chi connectivity index (χ3v) is 7.31. The van der Waals surface area contributed by atoms with Crippen molar-refractivity contribution in [3.63, 3.8) is 0 Å². The van der Waals surface area contributed by atoms with Crippen LogP contribution in [0.25, 0.3) is 0 Å². The first-order valence-electron chi connectivity index (χ1n) is 11.7. The lowest BCUT2D eigenvalue weighted by Crippen LogP contribution is -2.40. The van der Waals surface area contributed by atoms with E-state index in [-0.39, 0.29) is 31.2 Å². The van der Waals surface area contributed by atoms with Gasteiger partial charge >= 0.3 is 12.1 Å². The van der Waals surface area contributed by atoms with Crippen molar-refractivity contribution in [1.82, 2.24) is 0 Å². The van der Waals surface area contributed by atoms with E-state index in [0.29, 0.717) is 30.9 Å². The van der Waals surface area contributed by atoms with Crippen LogP contribution in [0.5, 0.6) is 0 Å². The van der Waals surface area contributed by atoms with Gasteiger partial charge in [0, 0.05) is 12.8 Å². The lowest BCUT2D eigenvalue weighted by molar-refractivity contribution is -0.148. The predicted octanol–water partition coefficient (Wildman–Crippen LogP) is 6.97. The van der Waals surface area contributed by atoms with Crippen molar-refractivity contribution in [3.05, 3.63) is 65.0 Å². The molecule has 194 valence electrons. The summed E-state index contributed by atoms with van der Waals surface area (Å²) in [6, 6.07) is 8.58. The van der Waals surface area contributed by atoms with E-state index in [1.165, 1.54) is 0 Å². The first-order valence-corrected chi connectivity index (χ1v) is 11.7. The molecule has 0 bridgehead atoms. The van der Waals surface area contributed by atoms with E-state index in [1.807, 2.05) is 0 Å². The molecule has 36 heavy (non-hydrogen) atoms. The first-order chi connectivity index (χ1) is 16.9. The summed E-state index contributed by atoms with van der Waals surface area (Å²) in [6.07, 6.45) is -3.56. The van der Waals surface area contributed by atoms with Crippen LogP contribution in [0.1, 0.15) is 67.1 Å². The van der Waals surface area contributed by atoms with Crippen LogP contribution in [-0.2, 0) is 15.8 Å². The van der Waals surface area contributed by atoms with E-state index in [2.05, 4.69) is 5.32 Å². The maximum atomic E-state index is 14.2. The number of carboxylic acids is 1. The molecule has 0 heterocycles. The van der Waals surface area contributed by atoms with E-state index < -0.39 is 58.8 Å². The van der Waals surface area contributed by atoms with Crippen LogP contribution in [0.4, 0.5) is 32.0 Å². The van der Waals surface area contributed by atoms with Gasteiger partial charge < -0.3 is 10.4 Å². The number of aliphatic carboxylic acids is 1. The Hall–Kier alpha value is -3.04. The molecule has 2 N–H and O–H groups in total. The molecule has 2 aromatic carbocycles. The Bertz CT molecular complexity index is 1130. The highest BCUT2D eigenvalue weighted by atomic mass is 19.4. The molecule has 1 amide bonds. The second-order valence-corrected chi connectivity index (χ2v) is 9.65. The Labute approximate surface area is 203 Å². The predicted molar refractivity (Wildman–Crippen MR) is 119 cm³/mol. The molecule has 2 aliphatic carbocycles. The number of amides is 1. The number of carbonyl (C=O) groups is 2. The van der Waals surface area contributed by atoms with Crippen LogP contribution in [0.2, 0.25) is 0 Å². The number of alkyl halides is 5. The van der Waals surface area contributed by atoms with Gasteiger partial charge in [-0.2, -0.15) is 13.2 Å². The molecule has 0 spiro atoms. The number of nitrogens with one attached hydrogen (secondary N) is 1. The number of carboxylic acid groups (broad SMARTS) is 1. The Kier molecular flexibility index (Phi) is 7.07. The van der Waals surface area contributed by atoms with Gasteiger partial charge in [0.05, 0.1) is 23.1 Å². The van der Waals surface area contributed by atoms with Crippen LogP contribution < -0.4 is 5.32 Å². The molecule has 2 saturated carbocycles. The third kappa shape index (κ3) is 5.52. The Morgan fingerprint density at radius 1 is 0.972 bits per heavy atom. The number of benzene rings is 2. The molecule has 0 unspecified atom stereocenters. The Balaban J connectivity index is 1.51. The molecule has 4 atom stereocenters. The molecule has 4 nitrogen and oxygen atoms in total. The van der Waals surface area contributed by atoms with Crippen LogP contribution in [0.15, 0.2) is 42.5 Å². The fraction of sp³-hybridized carbons (Fsp3) is 0.462. The fourth-order valence-electron chi connectivity index (χ4n) is 5.48. The molecule has 4 rings (SSSR count). The van der Waals surface area contributed by atoms with E-state index >= 15 is 0 Å². The van der Waals surface area contributed by atoms with Gasteiger partial charge in [-0.1, -0.05) is 30.7 Å². The highest BCUT2D eigenvalue weighted by molar-refractivity contribution is 5.95. The normalized spacial score (nSPS) is 25.9.